The summed E-state index contributed by atoms with van der Waals surface area (Å²) in [5.74, 6) is -0.222. The van der Waals surface area contributed by atoms with Crippen LogP contribution in [0.25, 0.3) is 0 Å². The van der Waals surface area contributed by atoms with Crippen LogP contribution in [0.1, 0.15) is 33.1 Å². The van der Waals surface area contributed by atoms with Gasteiger partial charge in [-0.1, -0.05) is 31.9 Å². The molecule has 1 aliphatic heterocycles. The minimum atomic E-state index is -0.222. The fourth-order valence-electron chi connectivity index (χ4n) is 2.77. The van der Waals surface area contributed by atoms with E-state index in [1.807, 2.05) is 0 Å². The van der Waals surface area contributed by atoms with E-state index in [2.05, 4.69) is 24.1 Å². The average molecular weight is 285 g/mol. The molecule has 1 saturated heterocycles. The maximum Gasteiger partial charge on any atom is 0.125 e. The number of halogens is 2. The first kappa shape index (κ1) is 14.6. The van der Waals surface area contributed by atoms with Crippen LogP contribution >= 0.6 is 11.6 Å². The molecule has 2 nitrogen and oxygen atoms in total. The van der Waals surface area contributed by atoms with Gasteiger partial charge in [0.05, 0.1) is 10.7 Å². The van der Waals surface area contributed by atoms with Crippen molar-refractivity contribution < 1.29 is 4.39 Å². The average Bonchev–Trinajstić information content (AvgIpc) is 2.42. The molecule has 0 aliphatic carbocycles. The van der Waals surface area contributed by atoms with Crippen molar-refractivity contribution in [3.63, 3.8) is 0 Å². The Labute approximate surface area is 119 Å². The molecule has 2 atom stereocenters. The molecule has 0 aromatic heterocycles. The summed E-state index contributed by atoms with van der Waals surface area (Å²) < 4.78 is 13.5. The van der Waals surface area contributed by atoms with Crippen LogP contribution in [0, 0.1) is 5.82 Å². The normalized spacial score (nSPS) is 23.7. The van der Waals surface area contributed by atoms with Gasteiger partial charge in [0.15, 0.2) is 0 Å². The number of rotatable bonds is 4. The Balaban J connectivity index is 2.24. The van der Waals surface area contributed by atoms with E-state index in [4.69, 9.17) is 11.6 Å². The summed E-state index contributed by atoms with van der Waals surface area (Å²) in [7, 11) is 0. The lowest BCUT2D eigenvalue weighted by molar-refractivity contribution is 0.369. The number of nitrogens with one attached hydrogen (secondary N) is 1. The summed E-state index contributed by atoms with van der Waals surface area (Å²) in [4.78, 5) is 2.27. The lowest BCUT2D eigenvalue weighted by Crippen LogP contribution is -2.56. The van der Waals surface area contributed by atoms with Crippen LogP contribution in [0.2, 0.25) is 5.02 Å². The number of hydrogen-bond donors (Lipinski definition) is 1. The van der Waals surface area contributed by atoms with E-state index in [1.165, 1.54) is 6.07 Å². The quantitative estimate of drug-likeness (QED) is 0.904. The molecule has 1 aliphatic rings. The first-order valence-corrected chi connectivity index (χ1v) is 7.48. The Bertz CT molecular complexity index is 425. The third-order valence-corrected chi connectivity index (χ3v) is 4.15. The summed E-state index contributed by atoms with van der Waals surface area (Å²) in [6.45, 7) is 6.18. The molecule has 1 heterocycles. The van der Waals surface area contributed by atoms with Gasteiger partial charge >= 0.3 is 0 Å². The fraction of sp³-hybridized carbons (Fsp3) is 0.600. The van der Waals surface area contributed by atoms with Crippen molar-refractivity contribution >= 4 is 17.3 Å². The van der Waals surface area contributed by atoms with E-state index in [-0.39, 0.29) is 5.82 Å². The molecule has 1 fully saturated rings. The number of nitrogens with zero attached hydrogens (tertiary/aromatic N) is 1. The highest BCUT2D eigenvalue weighted by Crippen LogP contribution is 2.30. The Morgan fingerprint density at radius 2 is 2.21 bits per heavy atom. The van der Waals surface area contributed by atoms with Crippen LogP contribution < -0.4 is 10.2 Å². The molecule has 0 radical (unpaired) electrons. The van der Waals surface area contributed by atoms with Crippen LogP contribution in [-0.2, 0) is 0 Å². The van der Waals surface area contributed by atoms with Gasteiger partial charge in [0.25, 0.3) is 0 Å². The second kappa shape index (κ2) is 6.58. The smallest absolute Gasteiger partial charge is 0.125 e. The second-order valence-electron chi connectivity index (χ2n) is 5.20. The highest BCUT2D eigenvalue weighted by molar-refractivity contribution is 6.33. The minimum Gasteiger partial charge on any atom is -0.364 e. The Kier molecular flexibility index (Phi) is 5.06. The Hall–Kier alpha value is -0.800. The molecule has 1 aromatic rings. The van der Waals surface area contributed by atoms with E-state index in [0.29, 0.717) is 17.1 Å². The maximum atomic E-state index is 13.5. The Morgan fingerprint density at radius 1 is 1.42 bits per heavy atom. The van der Waals surface area contributed by atoms with Gasteiger partial charge in [-0.05, 0) is 31.0 Å². The van der Waals surface area contributed by atoms with Crippen molar-refractivity contribution in [3.05, 3.63) is 29.0 Å². The van der Waals surface area contributed by atoms with Gasteiger partial charge in [0.1, 0.15) is 5.82 Å². The van der Waals surface area contributed by atoms with Gasteiger partial charge in [-0.15, -0.1) is 0 Å². The molecule has 1 aromatic carbocycles. The first-order valence-electron chi connectivity index (χ1n) is 7.10. The summed E-state index contributed by atoms with van der Waals surface area (Å²) in [5, 5.41) is 4.21. The summed E-state index contributed by atoms with van der Waals surface area (Å²) in [5.41, 5.74) is 0.830. The zero-order valence-electron chi connectivity index (χ0n) is 11.6. The SMILES string of the molecule is CCCC1CN(c2cc(F)ccc2Cl)C(CC)CN1. The second-order valence-corrected chi connectivity index (χ2v) is 5.61. The van der Waals surface area contributed by atoms with E-state index in [0.717, 1.165) is 38.0 Å². The molecule has 19 heavy (non-hydrogen) atoms. The molecule has 1 N–H and O–H groups in total. The van der Waals surface area contributed by atoms with Crippen molar-refractivity contribution in [2.24, 2.45) is 0 Å². The largest absolute Gasteiger partial charge is 0.364 e. The molecule has 0 amide bonds. The monoisotopic (exact) mass is 284 g/mol. The van der Waals surface area contributed by atoms with Crippen molar-refractivity contribution in [2.45, 2.75) is 45.2 Å². The molecule has 0 spiro atoms. The van der Waals surface area contributed by atoms with Crippen LogP contribution in [0.5, 0.6) is 0 Å². The van der Waals surface area contributed by atoms with Crippen molar-refractivity contribution in [3.8, 4) is 0 Å². The summed E-state index contributed by atoms with van der Waals surface area (Å²) in [6, 6.07) is 5.47. The molecule has 0 bridgehead atoms. The number of piperazine rings is 1. The zero-order valence-corrected chi connectivity index (χ0v) is 12.4. The molecule has 4 heteroatoms. The molecule has 2 rings (SSSR count). The first-order chi connectivity index (χ1) is 9.15. The van der Waals surface area contributed by atoms with Crippen molar-refractivity contribution in [2.75, 3.05) is 18.0 Å². The van der Waals surface area contributed by atoms with Gasteiger partial charge in [-0.3, -0.25) is 0 Å². The van der Waals surface area contributed by atoms with Gasteiger partial charge in [-0.25, -0.2) is 4.39 Å². The number of benzene rings is 1. The minimum absolute atomic E-state index is 0.222. The van der Waals surface area contributed by atoms with Crippen LogP contribution in [0.4, 0.5) is 10.1 Å². The summed E-state index contributed by atoms with van der Waals surface area (Å²) in [6.07, 6.45) is 3.32. The highest BCUT2D eigenvalue weighted by Gasteiger charge is 2.27. The lowest BCUT2D eigenvalue weighted by Gasteiger charge is -2.42. The lowest BCUT2D eigenvalue weighted by atomic mass is 10.0. The van der Waals surface area contributed by atoms with E-state index >= 15 is 0 Å². The highest BCUT2D eigenvalue weighted by atomic mass is 35.5. The summed E-state index contributed by atoms with van der Waals surface area (Å²) >= 11 is 6.25. The van der Waals surface area contributed by atoms with Crippen LogP contribution in [0.3, 0.4) is 0 Å². The topological polar surface area (TPSA) is 15.3 Å². The maximum absolute atomic E-state index is 13.5. The fourth-order valence-corrected chi connectivity index (χ4v) is 3.00. The van der Waals surface area contributed by atoms with Crippen molar-refractivity contribution in [1.29, 1.82) is 0 Å². The predicted octanol–water partition coefficient (Wildman–Crippen LogP) is 3.84. The standard InChI is InChI=1S/C15H22ClFN2/c1-3-5-12-10-19(13(4-2)9-18-12)15-8-11(17)6-7-14(15)16/h6-8,12-13,18H,3-5,9-10H2,1-2H3. The Morgan fingerprint density at radius 3 is 2.89 bits per heavy atom. The third kappa shape index (κ3) is 3.40. The van der Waals surface area contributed by atoms with Gasteiger partial charge < -0.3 is 10.2 Å². The van der Waals surface area contributed by atoms with Crippen LogP contribution in [0.15, 0.2) is 18.2 Å². The van der Waals surface area contributed by atoms with E-state index < -0.39 is 0 Å². The van der Waals surface area contributed by atoms with Gasteiger partial charge in [-0.2, -0.15) is 0 Å². The van der Waals surface area contributed by atoms with Gasteiger partial charge in [0, 0.05) is 25.2 Å². The molecule has 106 valence electrons. The zero-order chi connectivity index (χ0) is 13.8. The van der Waals surface area contributed by atoms with E-state index in [1.54, 1.807) is 12.1 Å². The van der Waals surface area contributed by atoms with Crippen LogP contribution in [-0.4, -0.2) is 25.2 Å². The molecular weight excluding hydrogens is 263 g/mol. The number of anilines is 1. The molecule has 0 saturated carbocycles. The van der Waals surface area contributed by atoms with Gasteiger partial charge in [0.2, 0.25) is 0 Å². The predicted molar refractivity (Wildman–Crippen MR) is 79.5 cm³/mol. The third-order valence-electron chi connectivity index (χ3n) is 3.83. The molecular formula is C15H22ClFN2. The van der Waals surface area contributed by atoms with Crippen molar-refractivity contribution in [1.82, 2.24) is 5.32 Å². The van der Waals surface area contributed by atoms with E-state index in [9.17, 15) is 4.39 Å². The number of hydrogen-bond acceptors (Lipinski definition) is 2. The molecule has 2 unspecified atom stereocenters.